The van der Waals surface area contributed by atoms with Crippen molar-refractivity contribution in [2.45, 2.75) is 33.8 Å². The van der Waals surface area contributed by atoms with Gasteiger partial charge >= 0.3 is 0 Å². The third-order valence-corrected chi connectivity index (χ3v) is 5.79. The fourth-order valence-corrected chi connectivity index (χ4v) is 4.05. The van der Waals surface area contributed by atoms with Crippen LogP contribution in [0.15, 0.2) is 60.2 Å². The van der Waals surface area contributed by atoms with Gasteiger partial charge in [0.2, 0.25) is 0 Å². The van der Waals surface area contributed by atoms with E-state index in [9.17, 15) is 9.59 Å². The monoisotopic (exact) mass is 444 g/mol. The van der Waals surface area contributed by atoms with Crippen molar-refractivity contribution in [3.05, 3.63) is 76.9 Å². The van der Waals surface area contributed by atoms with Crippen LogP contribution >= 0.6 is 12.2 Å². The van der Waals surface area contributed by atoms with Crippen LogP contribution in [0.25, 0.3) is 16.8 Å². The topological polar surface area (TPSA) is 58.6 Å². The van der Waals surface area contributed by atoms with Crippen LogP contribution in [0.3, 0.4) is 0 Å². The number of amides is 2. The highest BCUT2D eigenvalue weighted by molar-refractivity contribution is 7.80. The summed E-state index contributed by atoms with van der Waals surface area (Å²) >= 11 is 5.36. The molecule has 3 aromatic carbocycles. The van der Waals surface area contributed by atoms with Gasteiger partial charge < -0.3 is 4.74 Å². The second kappa shape index (κ2) is 8.55. The van der Waals surface area contributed by atoms with Gasteiger partial charge in [0.05, 0.1) is 11.8 Å². The van der Waals surface area contributed by atoms with Gasteiger partial charge in [-0.05, 0) is 80.0 Å². The number of rotatable bonds is 4. The number of aryl methyl sites for hydroxylation is 1. The molecular formula is C26H24N2O3S. The lowest BCUT2D eigenvalue weighted by Crippen LogP contribution is -2.54. The van der Waals surface area contributed by atoms with E-state index in [4.69, 9.17) is 17.0 Å². The summed E-state index contributed by atoms with van der Waals surface area (Å²) in [6.07, 6.45) is 1.54. The number of hydrogen-bond donors (Lipinski definition) is 1. The van der Waals surface area contributed by atoms with E-state index in [1.54, 1.807) is 6.08 Å². The number of fused-ring (bicyclic) bond motifs is 1. The molecule has 0 bridgehead atoms. The molecule has 1 saturated heterocycles. The zero-order valence-corrected chi connectivity index (χ0v) is 19.2. The first-order valence-corrected chi connectivity index (χ1v) is 10.8. The predicted molar refractivity (Wildman–Crippen MR) is 132 cm³/mol. The summed E-state index contributed by atoms with van der Waals surface area (Å²) in [4.78, 5) is 27.8. The van der Waals surface area contributed by atoms with Gasteiger partial charge in [-0.25, -0.2) is 0 Å². The highest BCUT2D eigenvalue weighted by Crippen LogP contribution is 2.33. The lowest BCUT2D eigenvalue weighted by Gasteiger charge is -2.30. The van der Waals surface area contributed by atoms with Crippen molar-refractivity contribution in [1.82, 2.24) is 5.32 Å². The van der Waals surface area contributed by atoms with Crippen molar-refractivity contribution in [1.29, 1.82) is 0 Å². The van der Waals surface area contributed by atoms with Crippen LogP contribution in [0, 0.1) is 13.8 Å². The fraction of sp³-hybridized carbons (Fsp3) is 0.192. The van der Waals surface area contributed by atoms with Gasteiger partial charge in [-0.1, -0.05) is 42.5 Å². The molecule has 0 unspecified atom stereocenters. The molecule has 1 aliphatic rings. The van der Waals surface area contributed by atoms with Crippen molar-refractivity contribution in [3.63, 3.8) is 0 Å². The number of benzene rings is 3. The minimum absolute atomic E-state index is 0.00413. The Labute approximate surface area is 192 Å². The third-order valence-electron chi connectivity index (χ3n) is 5.50. The molecule has 0 radical (unpaired) electrons. The molecule has 32 heavy (non-hydrogen) atoms. The van der Waals surface area contributed by atoms with E-state index in [0.717, 1.165) is 21.9 Å². The number of thiocarbonyl (C=S) groups is 1. The summed E-state index contributed by atoms with van der Waals surface area (Å²) in [6, 6.07) is 17.3. The van der Waals surface area contributed by atoms with Gasteiger partial charge in [0.25, 0.3) is 11.8 Å². The molecule has 5 nitrogen and oxygen atoms in total. The van der Waals surface area contributed by atoms with Crippen LogP contribution in [0.2, 0.25) is 0 Å². The molecule has 0 aromatic heterocycles. The van der Waals surface area contributed by atoms with Gasteiger partial charge in [0.1, 0.15) is 11.3 Å². The minimum atomic E-state index is -0.523. The smallest absolute Gasteiger partial charge is 0.270 e. The Kier molecular flexibility index (Phi) is 5.80. The van der Waals surface area contributed by atoms with Crippen molar-refractivity contribution in [3.8, 4) is 5.75 Å². The number of nitrogens with zero attached hydrogens (tertiary/aromatic N) is 1. The molecule has 4 rings (SSSR count). The molecule has 1 aliphatic heterocycles. The summed E-state index contributed by atoms with van der Waals surface area (Å²) < 4.78 is 6.01. The standard InChI is InChI=1S/C26H24N2O3S/c1-15(2)31-23-13-12-18-9-5-6-10-19(18)20(23)14-21-24(29)27-26(32)28(25(21)30)22-11-7-8-16(3)17(22)4/h5-15H,1-4H3,(H,27,29,32)/b21-14+. The van der Waals surface area contributed by atoms with Crippen LogP contribution in [0.4, 0.5) is 5.69 Å². The van der Waals surface area contributed by atoms with Crippen LogP contribution in [-0.4, -0.2) is 23.0 Å². The Balaban J connectivity index is 1.89. The molecule has 0 aliphatic carbocycles. The Hall–Kier alpha value is -3.51. The Morgan fingerprint density at radius 1 is 1.00 bits per heavy atom. The normalized spacial score (nSPS) is 15.6. The van der Waals surface area contributed by atoms with Gasteiger partial charge in [0.15, 0.2) is 5.11 Å². The highest BCUT2D eigenvalue weighted by atomic mass is 32.1. The summed E-state index contributed by atoms with van der Waals surface area (Å²) in [5.74, 6) is -0.376. The SMILES string of the molecule is Cc1cccc(N2C(=O)/C(=C/c3c(OC(C)C)ccc4ccccc34)C(=O)NC2=S)c1C. The maximum atomic E-state index is 13.6. The molecular weight excluding hydrogens is 420 g/mol. The average Bonchev–Trinajstić information content (AvgIpc) is 2.74. The van der Waals surface area contributed by atoms with Crippen LogP contribution in [-0.2, 0) is 9.59 Å². The Morgan fingerprint density at radius 3 is 2.50 bits per heavy atom. The number of nitrogens with one attached hydrogen (secondary N) is 1. The molecule has 1 fully saturated rings. The van der Waals surface area contributed by atoms with Crippen molar-refractivity contribution in [2.24, 2.45) is 0 Å². The van der Waals surface area contributed by atoms with Gasteiger partial charge in [-0.3, -0.25) is 19.8 Å². The largest absolute Gasteiger partial charge is 0.490 e. The summed E-state index contributed by atoms with van der Waals surface area (Å²) in [7, 11) is 0. The first-order valence-electron chi connectivity index (χ1n) is 10.4. The molecule has 162 valence electrons. The molecule has 3 aromatic rings. The zero-order chi connectivity index (χ0) is 23.0. The second-order valence-corrected chi connectivity index (χ2v) is 8.43. The highest BCUT2D eigenvalue weighted by Gasteiger charge is 2.35. The molecule has 1 heterocycles. The molecule has 1 N–H and O–H groups in total. The number of anilines is 1. The lowest BCUT2D eigenvalue weighted by atomic mass is 9.99. The maximum absolute atomic E-state index is 13.6. The molecule has 2 amide bonds. The van der Waals surface area contributed by atoms with E-state index in [-0.39, 0.29) is 16.8 Å². The number of ether oxygens (including phenoxy) is 1. The number of carbonyl (C=O) groups excluding carboxylic acids is 2. The van der Waals surface area contributed by atoms with Crippen LogP contribution in [0.5, 0.6) is 5.75 Å². The zero-order valence-electron chi connectivity index (χ0n) is 18.4. The predicted octanol–water partition coefficient (Wildman–Crippen LogP) is 5.08. The van der Waals surface area contributed by atoms with Crippen molar-refractivity contribution < 1.29 is 14.3 Å². The molecule has 0 spiro atoms. The summed E-state index contributed by atoms with van der Waals surface area (Å²) in [6.45, 7) is 7.77. The van der Waals surface area contributed by atoms with Gasteiger partial charge in [-0.15, -0.1) is 0 Å². The molecule has 0 saturated carbocycles. The maximum Gasteiger partial charge on any atom is 0.270 e. The first kappa shape index (κ1) is 21.7. The number of carbonyl (C=O) groups is 2. The molecule has 6 heteroatoms. The summed E-state index contributed by atoms with van der Waals surface area (Å²) in [5.41, 5.74) is 3.30. The molecule has 0 atom stereocenters. The Morgan fingerprint density at radius 2 is 1.75 bits per heavy atom. The van der Waals surface area contributed by atoms with E-state index < -0.39 is 11.8 Å². The average molecular weight is 445 g/mol. The summed E-state index contributed by atoms with van der Waals surface area (Å²) in [5, 5.41) is 4.62. The van der Waals surface area contributed by atoms with E-state index in [0.29, 0.717) is 17.0 Å². The van der Waals surface area contributed by atoms with Crippen molar-refractivity contribution in [2.75, 3.05) is 4.90 Å². The van der Waals surface area contributed by atoms with Gasteiger partial charge in [0, 0.05) is 5.56 Å². The second-order valence-electron chi connectivity index (χ2n) is 8.04. The quantitative estimate of drug-likeness (QED) is 0.347. The van der Waals surface area contributed by atoms with Crippen molar-refractivity contribution >= 4 is 51.7 Å². The lowest BCUT2D eigenvalue weighted by molar-refractivity contribution is -0.122. The minimum Gasteiger partial charge on any atom is -0.490 e. The van der Waals surface area contributed by atoms with E-state index in [1.165, 1.54) is 4.90 Å². The van der Waals surface area contributed by atoms with Crippen LogP contribution in [0.1, 0.15) is 30.5 Å². The number of hydrogen-bond acceptors (Lipinski definition) is 4. The third kappa shape index (κ3) is 3.89. The van der Waals surface area contributed by atoms with E-state index >= 15 is 0 Å². The van der Waals surface area contributed by atoms with Gasteiger partial charge in [-0.2, -0.15) is 0 Å². The Bertz CT molecular complexity index is 1290. The van der Waals surface area contributed by atoms with E-state index in [2.05, 4.69) is 5.32 Å². The van der Waals surface area contributed by atoms with Crippen LogP contribution < -0.4 is 15.0 Å². The fourth-order valence-electron chi connectivity index (χ4n) is 3.78. The van der Waals surface area contributed by atoms with E-state index in [1.807, 2.05) is 82.3 Å². The first-order chi connectivity index (χ1) is 15.3.